The Kier molecular flexibility index (Phi) is 5.69. The van der Waals surface area contributed by atoms with E-state index in [9.17, 15) is 4.79 Å². The molecular weight excluding hydrogens is 352 g/mol. The summed E-state index contributed by atoms with van der Waals surface area (Å²) >= 11 is 0. The normalized spacial score (nSPS) is 23.1. The van der Waals surface area contributed by atoms with Crippen LogP contribution < -0.4 is 0 Å². The van der Waals surface area contributed by atoms with E-state index >= 15 is 0 Å². The molecule has 0 radical (unpaired) electrons. The van der Waals surface area contributed by atoms with Gasteiger partial charge in [-0.05, 0) is 44.9 Å². The largest absolute Gasteiger partial charge is 0.384 e. The van der Waals surface area contributed by atoms with Crippen molar-refractivity contribution < 1.29 is 9.53 Å². The average molecular weight is 385 g/mol. The maximum absolute atomic E-state index is 12.5. The summed E-state index contributed by atoms with van der Waals surface area (Å²) in [5.41, 5.74) is 2.56. The molecule has 4 rings (SSSR count). The zero-order chi connectivity index (χ0) is 19.6. The highest BCUT2D eigenvalue weighted by molar-refractivity contribution is 5.76. The molecule has 152 valence electrons. The monoisotopic (exact) mass is 384 g/mol. The van der Waals surface area contributed by atoms with Gasteiger partial charge < -0.3 is 14.2 Å². The minimum absolute atomic E-state index is 0.243. The summed E-state index contributed by atoms with van der Waals surface area (Å²) in [6.45, 7) is 8.49. The summed E-state index contributed by atoms with van der Waals surface area (Å²) in [6.07, 6.45) is 4.01. The van der Waals surface area contributed by atoms with E-state index in [4.69, 9.17) is 9.72 Å². The highest BCUT2D eigenvalue weighted by atomic mass is 16.5. The number of methoxy groups -OCH3 is 1. The zero-order valence-electron chi connectivity index (χ0n) is 17.2. The number of carbonyl (C=O) groups is 1. The van der Waals surface area contributed by atoms with Crippen molar-refractivity contribution in [3.8, 4) is 0 Å². The van der Waals surface area contributed by atoms with Crippen molar-refractivity contribution in [1.29, 1.82) is 0 Å². The number of aromatic nitrogens is 2. The van der Waals surface area contributed by atoms with Crippen LogP contribution in [0.2, 0.25) is 0 Å². The Bertz CT molecular complexity index is 833. The molecule has 1 atom stereocenters. The number of fused-ring (bicyclic) bond motifs is 1. The molecule has 3 heterocycles. The van der Waals surface area contributed by atoms with E-state index in [0.29, 0.717) is 13.0 Å². The topological polar surface area (TPSA) is 50.6 Å². The predicted octanol–water partition coefficient (Wildman–Crippen LogP) is 2.91. The van der Waals surface area contributed by atoms with Crippen molar-refractivity contribution in [2.24, 2.45) is 5.41 Å². The first kappa shape index (κ1) is 19.4. The van der Waals surface area contributed by atoms with Crippen molar-refractivity contribution in [1.82, 2.24) is 19.4 Å². The van der Waals surface area contributed by atoms with E-state index in [2.05, 4.69) is 45.6 Å². The molecule has 6 nitrogen and oxygen atoms in total. The molecule has 1 amide bonds. The summed E-state index contributed by atoms with van der Waals surface area (Å²) in [6, 6.07) is 8.40. The van der Waals surface area contributed by atoms with Gasteiger partial charge in [-0.2, -0.15) is 0 Å². The van der Waals surface area contributed by atoms with Crippen molar-refractivity contribution in [3.63, 3.8) is 0 Å². The molecule has 2 aliphatic rings. The highest BCUT2D eigenvalue weighted by Gasteiger charge is 2.42. The number of benzene rings is 1. The lowest BCUT2D eigenvalue weighted by atomic mass is 9.79. The minimum atomic E-state index is 0.243. The lowest BCUT2D eigenvalue weighted by molar-refractivity contribution is -0.135. The number of aryl methyl sites for hydroxylation is 1. The molecule has 0 unspecified atom stereocenters. The lowest BCUT2D eigenvalue weighted by Gasteiger charge is -2.40. The van der Waals surface area contributed by atoms with Crippen LogP contribution in [0.3, 0.4) is 0 Å². The van der Waals surface area contributed by atoms with E-state index in [0.717, 1.165) is 57.0 Å². The van der Waals surface area contributed by atoms with Gasteiger partial charge in [0.2, 0.25) is 5.91 Å². The number of amides is 1. The molecule has 0 bridgehead atoms. The third-order valence-corrected chi connectivity index (χ3v) is 6.47. The van der Waals surface area contributed by atoms with E-state index in [1.807, 2.05) is 0 Å². The molecule has 2 aromatic rings. The SMILES string of the molecule is CCn1c(CN2CC[C@@]3(CCCN(C(=O)CCOC)C3)C2)nc2ccccc21. The molecule has 6 heteroatoms. The van der Waals surface area contributed by atoms with Crippen LogP contribution in [0.25, 0.3) is 11.0 Å². The van der Waals surface area contributed by atoms with Crippen molar-refractivity contribution in [2.45, 2.75) is 45.7 Å². The molecule has 0 saturated carbocycles. The number of carbonyl (C=O) groups excluding carboxylic acids is 1. The van der Waals surface area contributed by atoms with Crippen LogP contribution in [0.15, 0.2) is 24.3 Å². The highest BCUT2D eigenvalue weighted by Crippen LogP contribution is 2.39. The van der Waals surface area contributed by atoms with Gasteiger partial charge in [0.05, 0.1) is 30.6 Å². The number of hydrogen-bond acceptors (Lipinski definition) is 4. The van der Waals surface area contributed by atoms with Crippen molar-refractivity contribution >= 4 is 16.9 Å². The Morgan fingerprint density at radius 3 is 2.89 bits per heavy atom. The summed E-state index contributed by atoms with van der Waals surface area (Å²) < 4.78 is 7.42. The van der Waals surface area contributed by atoms with Crippen LogP contribution in [0, 0.1) is 5.41 Å². The van der Waals surface area contributed by atoms with Crippen LogP contribution in [0.5, 0.6) is 0 Å². The molecule has 2 saturated heterocycles. The summed E-state index contributed by atoms with van der Waals surface area (Å²) in [5.74, 6) is 1.40. The van der Waals surface area contributed by atoms with E-state index < -0.39 is 0 Å². The number of para-hydroxylation sites is 2. The maximum Gasteiger partial charge on any atom is 0.224 e. The second-order valence-electron chi connectivity index (χ2n) is 8.38. The fourth-order valence-electron chi connectivity index (χ4n) is 5.06. The second kappa shape index (κ2) is 8.21. The first-order valence-corrected chi connectivity index (χ1v) is 10.6. The van der Waals surface area contributed by atoms with E-state index in [1.54, 1.807) is 7.11 Å². The number of rotatable bonds is 6. The first-order valence-electron chi connectivity index (χ1n) is 10.6. The third-order valence-electron chi connectivity index (χ3n) is 6.47. The lowest BCUT2D eigenvalue weighted by Crippen LogP contribution is -2.47. The Morgan fingerprint density at radius 1 is 1.21 bits per heavy atom. The van der Waals surface area contributed by atoms with E-state index in [-0.39, 0.29) is 11.3 Å². The number of piperidine rings is 1. The van der Waals surface area contributed by atoms with Gasteiger partial charge in [0.15, 0.2) is 0 Å². The number of ether oxygens (including phenoxy) is 1. The molecule has 1 aromatic heterocycles. The second-order valence-corrected chi connectivity index (χ2v) is 8.38. The molecule has 28 heavy (non-hydrogen) atoms. The Balaban J connectivity index is 1.43. The van der Waals surface area contributed by atoms with Gasteiger partial charge in [0, 0.05) is 38.7 Å². The van der Waals surface area contributed by atoms with Gasteiger partial charge in [-0.1, -0.05) is 12.1 Å². The van der Waals surface area contributed by atoms with Crippen molar-refractivity contribution in [2.75, 3.05) is 39.9 Å². The molecule has 2 aliphatic heterocycles. The molecular formula is C22H32N4O2. The molecule has 0 N–H and O–H groups in total. The molecule has 2 fully saturated rings. The van der Waals surface area contributed by atoms with Crippen LogP contribution in [0.1, 0.15) is 38.4 Å². The fraction of sp³-hybridized carbons (Fsp3) is 0.636. The number of likely N-dealkylation sites (tertiary alicyclic amines) is 2. The van der Waals surface area contributed by atoms with E-state index in [1.165, 1.54) is 18.4 Å². The number of hydrogen-bond donors (Lipinski definition) is 0. The van der Waals surface area contributed by atoms with Gasteiger partial charge >= 0.3 is 0 Å². The third kappa shape index (κ3) is 3.80. The standard InChI is InChI=1S/C22H32N4O2/c1-3-26-19-8-5-4-7-18(19)23-20(26)15-24-13-11-22(16-24)10-6-12-25(17-22)21(27)9-14-28-2/h4-5,7-8H,3,6,9-17H2,1-2H3/t22-/m0/s1. The number of imidazole rings is 1. The van der Waals surface area contributed by atoms with Gasteiger partial charge in [-0.15, -0.1) is 0 Å². The summed E-state index contributed by atoms with van der Waals surface area (Å²) in [5, 5.41) is 0. The molecule has 1 aromatic carbocycles. The molecule has 1 spiro atoms. The Morgan fingerprint density at radius 2 is 2.07 bits per heavy atom. The van der Waals surface area contributed by atoms with Gasteiger partial charge in [0.25, 0.3) is 0 Å². The average Bonchev–Trinajstić information content (AvgIpc) is 3.26. The first-order chi connectivity index (χ1) is 13.6. The van der Waals surface area contributed by atoms with Crippen LogP contribution >= 0.6 is 0 Å². The van der Waals surface area contributed by atoms with Crippen LogP contribution in [-0.4, -0.2) is 65.2 Å². The van der Waals surface area contributed by atoms with Gasteiger partial charge in [0.1, 0.15) is 5.82 Å². The Hall–Kier alpha value is -1.92. The summed E-state index contributed by atoms with van der Waals surface area (Å²) in [4.78, 5) is 22.0. The Labute approximate surface area is 167 Å². The van der Waals surface area contributed by atoms with Crippen molar-refractivity contribution in [3.05, 3.63) is 30.1 Å². The minimum Gasteiger partial charge on any atom is -0.384 e. The fourth-order valence-corrected chi connectivity index (χ4v) is 5.06. The molecule has 0 aliphatic carbocycles. The van der Waals surface area contributed by atoms with Gasteiger partial charge in [-0.25, -0.2) is 4.98 Å². The van der Waals surface area contributed by atoms with Crippen LogP contribution in [-0.2, 0) is 22.6 Å². The quantitative estimate of drug-likeness (QED) is 0.768. The zero-order valence-corrected chi connectivity index (χ0v) is 17.2. The smallest absolute Gasteiger partial charge is 0.224 e. The predicted molar refractivity (Wildman–Crippen MR) is 110 cm³/mol. The summed E-state index contributed by atoms with van der Waals surface area (Å²) in [7, 11) is 1.66. The maximum atomic E-state index is 12.5. The van der Waals surface area contributed by atoms with Crippen LogP contribution in [0.4, 0.5) is 0 Å². The van der Waals surface area contributed by atoms with Gasteiger partial charge in [-0.3, -0.25) is 9.69 Å². The number of nitrogens with zero attached hydrogens (tertiary/aromatic N) is 4.